The maximum Gasteiger partial charge on any atom is 0.0641 e. The molecule has 8 rings (SSSR count). The molecule has 1 nitrogen and oxygen atoms in total. The van der Waals surface area contributed by atoms with Crippen molar-refractivity contribution < 1.29 is 0 Å². The molecular weight excluding hydrogens is 511 g/mol. The van der Waals surface area contributed by atoms with Gasteiger partial charge in [-0.05, 0) is 53.6 Å². The molecule has 0 saturated carbocycles. The summed E-state index contributed by atoms with van der Waals surface area (Å²) in [6, 6.07) is 50.5. The predicted octanol–water partition coefficient (Wildman–Crippen LogP) is 11.6. The highest BCUT2D eigenvalue weighted by Crippen LogP contribution is 2.50. The van der Waals surface area contributed by atoms with Crippen molar-refractivity contribution in [3.8, 4) is 11.1 Å². The van der Waals surface area contributed by atoms with E-state index in [0.717, 1.165) is 5.69 Å². The van der Waals surface area contributed by atoms with Gasteiger partial charge in [-0.15, -0.1) is 22.7 Å². The molecule has 0 spiro atoms. The number of thiophene rings is 2. The fraction of sp³-hybridized carbons (Fsp3) is 0. The Morgan fingerprint density at radius 2 is 1.03 bits per heavy atom. The average molecular weight is 534 g/mol. The Balaban J connectivity index is 1.49. The summed E-state index contributed by atoms with van der Waals surface area (Å²) in [7, 11) is 0. The van der Waals surface area contributed by atoms with Crippen LogP contribution in [0.25, 0.3) is 51.5 Å². The maximum absolute atomic E-state index is 2.47. The summed E-state index contributed by atoms with van der Waals surface area (Å²) >= 11 is 3.75. The van der Waals surface area contributed by atoms with Crippen LogP contribution in [0.15, 0.2) is 140 Å². The summed E-state index contributed by atoms with van der Waals surface area (Å²) in [5.74, 6) is 0. The van der Waals surface area contributed by atoms with Crippen molar-refractivity contribution in [2.24, 2.45) is 0 Å². The zero-order valence-corrected chi connectivity index (χ0v) is 22.7. The maximum atomic E-state index is 2.47. The van der Waals surface area contributed by atoms with Crippen molar-refractivity contribution in [1.29, 1.82) is 0 Å². The molecule has 2 heterocycles. The number of benzene rings is 6. The number of hydrogen-bond acceptors (Lipinski definition) is 3. The molecule has 2 aromatic heterocycles. The first kappa shape index (κ1) is 22.5. The Labute approximate surface area is 234 Å². The lowest BCUT2D eigenvalue weighted by Gasteiger charge is -2.27. The Morgan fingerprint density at radius 1 is 0.410 bits per heavy atom. The average Bonchev–Trinajstić information content (AvgIpc) is 3.58. The fourth-order valence-electron chi connectivity index (χ4n) is 5.78. The Hall–Kier alpha value is -4.44. The smallest absolute Gasteiger partial charge is 0.0641 e. The molecule has 6 aromatic carbocycles. The van der Waals surface area contributed by atoms with Gasteiger partial charge in [0.2, 0.25) is 0 Å². The van der Waals surface area contributed by atoms with Gasteiger partial charge in [0.25, 0.3) is 0 Å². The van der Waals surface area contributed by atoms with Gasteiger partial charge in [0, 0.05) is 41.3 Å². The second-order valence-electron chi connectivity index (χ2n) is 9.72. The lowest BCUT2D eigenvalue weighted by Crippen LogP contribution is -2.10. The van der Waals surface area contributed by atoms with E-state index in [-0.39, 0.29) is 0 Å². The molecule has 3 heteroatoms. The molecular formula is C36H23NS2. The molecule has 0 radical (unpaired) electrons. The van der Waals surface area contributed by atoms with E-state index < -0.39 is 0 Å². The van der Waals surface area contributed by atoms with Gasteiger partial charge in [-0.3, -0.25) is 0 Å². The van der Waals surface area contributed by atoms with Gasteiger partial charge in [0.05, 0.1) is 16.1 Å². The zero-order chi connectivity index (χ0) is 25.8. The minimum absolute atomic E-state index is 1.16. The minimum atomic E-state index is 1.16. The van der Waals surface area contributed by atoms with Crippen molar-refractivity contribution >= 4 is 80.1 Å². The molecule has 0 unspecified atom stereocenters. The summed E-state index contributed by atoms with van der Waals surface area (Å²) in [6.45, 7) is 0. The summed E-state index contributed by atoms with van der Waals surface area (Å²) in [5.41, 5.74) is 6.10. The molecule has 0 aliphatic heterocycles. The van der Waals surface area contributed by atoms with E-state index in [0.29, 0.717) is 0 Å². The summed E-state index contributed by atoms with van der Waals surface area (Å²) in [5, 5.41) is 5.25. The number of hydrogen-bond donors (Lipinski definition) is 0. The Bertz CT molecular complexity index is 2120. The van der Waals surface area contributed by atoms with Gasteiger partial charge in [-0.25, -0.2) is 0 Å². The molecule has 8 aromatic rings. The van der Waals surface area contributed by atoms with E-state index in [1.807, 2.05) is 22.7 Å². The van der Waals surface area contributed by atoms with Crippen molar-refractivity contribution in [2.75, 3.05) is 4.90 Å². The van der Waals surface area contributed by atoms with E-state index >= 15 is 0 Å². The summed E-state index contributed by atoms with van der Waals surface area (Å²) < 4.78 is 5.24. The molecule has 0 atom stereocenters. The first-order chi connectivity index (χ1) is 19.4. The Morgan fingerprint density at radius 3 is 1.79 bits per heavy atom. The number of rotatable bonds is 4. The van der Waals surface area contributed by atoms with Crippen LogP contribution in [0.3, 0.4) is 0 Å². The van der Waals surface area contributed by atoms with Crippen molar-refractivity contribution in [3.63, 3.8) is 0 Å². The standard InChI is InChI=1S/C36H23NS2/c1-3-12-24(13-4-1)26-22-23-30(36-34(26)27-16-7-10-20-32(27)39-36)37(25-14-5-2-6-15-25)29-18-11-21-33-35(29)28-17-8-9-19-31(28)38-33/h1-23H. The van der Waals surface area contributed by atoms with Gasteiger partial charge >= 0.3 is 0 Å². The molecule has 184 valence electrons. The summed E-state index contributed by atoms with van der Waals surface area (Å²) in [4.78, 5) is 2.47. The highest BCUT2D eigenvalue weighted by Gasteiger charge is 2.23. The normalized spacial score (nSPS) is 11.6. The third-order valence-electron chi connectivity index (χ3n) is 7.47. The van der Waals surface area contributed by atoms with Crippen molar-refractivity contribution in [3.05, 3.63) is 140 Å². The number of anilines is 3. The van der Waals surface area contributed by atoms with Crippen molar-refractivity contribution in [1.82, 2.24) is 0 Å². The SMILES string of the molecule is c1ccc(-c2ccc(N(c3ccccc3)c3cccc4sc5ccccc5c34)c3sc4ccccc4c23)cc1. The first-order valence-corrected chi connectivity index (χ1v) is 14.8. The van der Waals surface area contributed by atoms with Crippen LogP contribution in [-0.4, -0.2) is 0 Å². The molecule has 0 N–H and O–H groups in total. The molecule has 0 saturated heterocycles. The minimum Gasteiger partial charge on any atom is -0.308 e. The van der Waals surface area contributed by atoms with Crippen LogP contribution in [0.1, 0.15) is 0 Å². The van der Waals surface area contributed by atoms with E-state index in [9.17, 15) is 0 Å². The number of fused-ring (bicyclic) bond motifs is 6. The van der Waals surface area contributed by atoms with Crippen LogP contribution in [0.2, 0.25) is 0 Å². The van der Waals surface area contributed by atoms with Gasteiger partial charge in [0.1, 0.15) is 0 Å². The second kappa shape index (κ2) is 9.09. The highest BCUT2D eigenvalue weighted by atomic mass is 32.1. The number of para-hydroxylation sites is 1. The van der Waals surface area contributed by atoms with Gasteiger partial charge < -0.3 is 4.90 Å². The molecule has 0 aliphatic carbocycles. The highest BCUT2D eigenvalue weighted by molar-refractivity contribution is 7.26. The van der Waals surface area contributed by atoms with E-state index in [2.05, 4.69) is 144 Å². The van der Waals surface area contributed by atoms with Gasteiger partial charge in [-0.1, -0.05) is 97.1 Å². The van der Waals surface area contributed by atoms with Crippen LogP contribution >= 0.6 is 22.7 Å². The van der Waals surface area contributed by atoms with Gasteiger partial charge in [-0.2, -0.15) is 0 Å². The molecule has 0 bridgehead atoms. The van der Waals surface area contributed by atoms with Gasteiger partial charge in [0.15, 0.2) is 0 Å². The lowest BCUT2D eigenvalue weighted by molar-refractivity contribution is 1.32. The van der Waals surface area contributed by atoms with E-state index in [1.165, 1.54) is 62.8 Å². The van der Waals surface area contributed by atoms with Crippen molar-refractivity contribution in [2.45, 2.75) is 0 Å². The molecule has 0 fully saturated rings. The van der Waals surface area contributed by atoms with Crippen LogP contribution in [0.4, 0.5) is 17.1 Å². The van der Waals surface area contributed by atoms with E-state index in [4.69, 9.17) is 0 Å². The fourth-order valence-corrected chi connectivity index (χ4v) is 8.14. The van der Waals surface area contributed by atoms with Crippen LogP contribution in [-0.2, 0) is 0 Å². The molecule has 0 aliphatic rings. The van der Waals surface area contributed by atoms with Crippen LogP contribution in [0.5, 0.6) is 0 Å². The topological polar surface area (TPSA) is 3.24 Å². The molecule has 39 heavy (non-hydrogen) atoms. The quantitative estimate of drug-likeness (QED) is 0.217. The predicted molar refractivity (Wildman–Crippen MR) is 172 cm³/mol. The second-order valence-corrected chi connectivity index (χ2v) is 11.9. The lowest BCUT2D eigenvalue weighted by atomic mass is 9.98. The summed E-state index contributed by atoms with van der Waals surface area (Å²) in [6.07, 6.45) is 0. The Kier molecular flexibility index (Phi) is 5.25. The van der Waals surface area contributed by atoms with E-state index in [1.54, 1.807) is 0 Å². The number of nitrogens with zero attached hydrogens (tertiary/aromatic N) is 1. The zero-order valence-electron chi connectivity index (χ0n) is 21.0. The third-order valence-corrected chi connectivity index (χ3v) is 9.80. The molecule has 0 amide bonds. The largest absolute Gasteiger partial charge is 0.308 e. The van der Waals surface area contributed by atoms with Crippen LogP contribution < -0.4 is 4.90 Å². The first-order valence-electron chi connectivity index (χ1n) is 13.1. The third kappa shape index (κ3) is 3.59. The monoisotopic (exact) mass is 533 g/mol. The van der Waals surface area contributed by atoms with Crippen LogP contribution in [0, 0.1) is 0 Å².